The van der Waals surface area contributed by atoms with Gasteiger partial charge in [-0.15, -0.1) is 0 Å². The van der Waals surface area contributed by atoms with E-state index in [1.807, 2.05) is 4.90 Å². The smallest absolute Gasteiger partial charge is 0.433 e. The van der Waals surface area contributed by atoms with Crippen LogP contribution in [0.5, 0.6) is 0 Å². The summed E-state index contributed by atoms with van der Waals surface area (Å²) in [6.07, 6.45) is -0.771. The Hall–Kier alpha value is -2.16. The molecule has 0 N–H and O–H groups in total. The van der Waals surface area contributed by atoms with Crippen molar-refractivity contribution in [3.63, 3.8) is 0 Å². The maximum atomic E-state index is 12.8. The molecule has 3 aliphatic rings. The Balaban J connectivity index is 1.45. The van der Waals surface area contributed by atoms with Crippen LogP contribution in [0.2, 0.25) is 0 Å². The van der Waals surface area contributed by atoms with Crippen molar-refractivity contribution in [2.45, 2.75) is 38.1 Å². The van der Waals surface area contributed by atoms with Gasteiger partial charge in [-0.3, -0.25) is 4.90 Å². The lowest BCUT2D eigenvalue weighted by atomic mass is 9.87. The number of aryl methyl sites for hydroxylation is 1. The van der Waals surface area contributed by atoms with Crippen molar-refractivity contribution in [1.29, 1.82) is 0 Å². The number of alkyl halides is 3. The zero-order valence-corrected chi connectivity index (χ0v) is 13.0. The van der Waals surface area contributed by atoms with E-state index in [4.69, 9.17) is 4.42 Å². The molecule has 0 spiro atoms. The van der Waals surface area contributed by atoms with Crippen molar-refractivity contribution in [2.24, 2.45) is 0 Å². The summed E-state index contributed by atoms with van der Waals surface area (Å²) >= 11 is 0. The Morgan fingerprint density at radius 3 is 2.62 bits per heavy atom. The van der Waals surface area contributed by atoms with Gasteiger partial charge >= 0.3 is 6.18 Å². The fourth-order valence-electron chi connectivity index (χ4n) is 3.48. The van der Waals surface area contributed by atoms with Crippen LogP contribution in [0, 0.1) is 6.92 Å². The largest absolute Gasteiger partial charge is 0.449 e. The summed E-state index contributed by atoms with van der Waals surface area (Å²) in [5.41, 5.74) is -0.0151. The van der Waals surface area contributed by atoms with E-state index in [1.165, 1.54) is 0 Å². The Kier molecular flexibility index (Phi) is 3.48. The van der Waals surface area contributed by atoms with Gasteiger partial charge in [-0.05, 0) is 6.42 Å². The Morgan fingerprint density at radius 1 is 1.25 bits per heavy atom. The van der Waals surface area contributed by atoms with Crippen LogP contribution in [0.15, 0.2) is 23.1 Å². The van der Waals surface area contributed by atoms with Gasteiger partial charge in [0, 0.05) is 44.7 Å². The molecule has 9 heteroatoms. The predicted octanol–water partition coefficient (Wildman–Crippen LogP) is 2.25. The number of piperazine rings is 1. The van der Waals surface area contributed by atoms with E-state index in [2.05, 4.69) is 19.9 Å². The van der Waals surface area contributed by atoms with E-state index in [0.29, 0.717) is 43.4 Å². The molecule has 2 aromatic rings. The summed E-state index contributed by atoms with van der Waals surface area (Å²) in [7, 11) is 0. The van der Waals surface area contributed by atoms with Crippen LogP contribution in [0.25, 0.3) is 0 Å². The number of halogens is 3. The molecule has 2 unspecified atom stereocenters. The number of rotatable bonds is 3. The maximum absolute atomic E-state index is 12.8. The van der Waals surface area contributed by atoms with Crippen LogP contribution in [0.3, 0.4) is 0 Å². The lowest BCUT2D eigenvalue weighted by Gasteiger charge is -2.56. The molecule has 0 aromatic carbocycles. The Bertz CT molecular complexity index is 735. The monoisotopic (exact) mass is 339 g/mol. The quantitative estimate of drug-likeness (QED) is 0.855. The van der Waals surface area contributed by atoms with Crippen LogP contribution in [-0.4, -0.2) is 45.0 Å². The molecular formula is C15H16F3N5O. The molecule has 5 rings (SSSR count). The number of oxazole rings is 1. The van der Waals surface area contributed by atoms with Gasteiger partial charge in [0.2, 0.25) is 0 Å². The number of nitrogens with zero attached hydrogens (tertiary/aromatic N) is 5. The predicted molar refractivity (Wildman–Crippen MR) is 78.2 cm³/mol. The minimum atomic E-state index is -4.45. The molecule has 3 aliphatic heterocycles. The molecule has 0 radical (unpaired) electrons. The second-order valence-corrected chi connectivity index (χ2v) is 6.24. The molecule has 5 heterocycles. The first kappa shape index (κ1) is 15.4. The highest BCUT2D eigenvalue weighted by Crippen LogP contribution is 2.36. The summed E-state index contributed by atoms with van der Waals surface area (Å²) in [6, 6.07) is 1.62. The van der Waals surface area contributed by atoms with Crippen LogP contribution >= 0.6 is 0 Å². The molecule has 6 nitrogen and oxygen atoms in total. The topological polar surface area (TPSA) is 58.3 Å². The van der Waals surface area contributed by atoms with Gasteiger partial charge in [0.15, 0.2) is 5.89 Å². The zero-order valence-electron chi connectivity index (χ0n) is 13.0. The van der Waals surface area contributed by atoms with E-state index in [-0.39, 0.29) is 0 Å². The number of piperidine rings is 1. The van der Waals surface area contributed by atoms with Gasteiger partial charge in [0.1, 0.15) is 24.1 Å². The molecule has 0 aliphatic carbocycles. The molecular weight excluding hydrogens is 323 g/mol. The van der Waals surface area contributed by atoms with Gasteiger partial charge in [0.25, 0.3) is 0 Å². The normalized spacial score (nSPS) is 24.1. The van der Waals surface area contributed by atoms with Gasteiger partial charge in [0.05, 0.1) is 5.69 Å². The molecule has 2 bridgehead atoms. The molecule has 0 saturated carbocycles. The van der Waals surface area contributed by atoms with E-state index in [1.54, 1.807) is 13.2 Å². The second kappa shape index (κ2) is 5.44. The van der Waals surface area contributed by atoms with Crippen molar-refractivity contribution in [2.75, 3.05) is 18.0 Å². The molecule has 24 heavy (non-hydrogen) atoms. The molecule has 2 aromatic heterocycles. The molecule has 128 valence electrons. The van der Waals surface area contributed by atoms with Gasteiger partial charge in [-0.25, -0.2) is 15.0 Å². The Morgan fingerprint density at radius 2 is 2.00 bits per heavy atom. The van der Waals surface area contributed by atoms with Crippen molar-refractivity contribution >= 4 is 5.82 Å². The number of anilines is 1. The third kappa shape index (κ3) is 2.72. The summed E-state index contributed by atoms with van der Waals surface area (Å²) in [5, 5.41) is 0. The van der Waals surface area contributed by atoms with E-state index in [0.717, 1.165) is 24.5 Å². The van der Waals surface area contributed by atoms with Crippen LogP contribution in [0.4, 0.5) is 19.0 Å². The Labute approximate surface area is 136 Å². The van der Waals surface area contributed by atoms with Gasteiger partial charge < -0.3 is 9.32 Å². The average molecular weight is 339 g/mol. The number of aromatic nitrogens is 3. The molecule has 2 atom stereocenters. The fourth-order valence-corrected chi connectivity index (χ4v) is 3.48. The minimum Gasteiger partial charge on any atom is -0.449 e. The van der Waals surface area contributed by atoms with Crippen LogP contribution in [0.1, 0.15) is 23.7 Å². The zero-order chi connectivity index (χ0) is 16.9. The number of hydrogen-bond donors (Lipinski definition) is 0. The highest BCUT2D eigenvalue weighted by molar-refractivity contribution is 5.42. The first-order chi connectivity index (χ1) is 11.4. The standard InChI is InChI=1S/C15H16F3N5O/c1-9-21-10(7-24-9)4-23-11-2-12(23)6-22(5-11)14-3-13(15(16,17)18)19-8-20-14/h3,7-8,11-12H,2,4-6H2,1H3. The number of hydrogen-bond acceptors (Lipinski definition) is 6. The lowest BCUT2D eigenvalue weighted by molar-refractivity contribution is -0.141. The van der Waals surface area contributed by atoms with Crippen molar-refractivity contribution in [1.82, 2.24) is 19.9 Å². The molecule has 3 saturated heterocycles. The third-order valence-electron chi connectivity index (χ3n) is 4.62. The minimum absolute atomic E-state index is 0.296. The molecule has 0 amide bonds. The second-order valence-electron chi connectivity index (χ2n) is 6.24. The van der Waals surface area contributed by atoms with Gasteiger partial charge in [-0.2, -0.15) is 13.2 Å². The third-order valence-corrected chi connectivity index (χ3v) is 4.62. The SMILES string of the molecule is Cc1nc(CN2C3CC2CN(c2cc(C(F)(F)F)ncn2)C3)co1. The van der Waals surface area contributed by atoms with Crippen molar-refractivity contribution in [3.8, 4) is 0 Å². The fraction of sp³-hybridized carbons (Fsp3) is 0.533. The lowest BCUT2D eigenvalue weighted by Crippen LogP contribution is -2.68. The van der Waals surface area contributed by atoms with Gasteiger partial charge in [-0.1, -0.05) is 0 Å². The summed E-state index contributed by atoms with van der Waals surface area (Å²) in [5.74, 6) is 0.974. The van der Waals surface area contributed by atoms with E-state index >= 15 is 0 Å². The summed E-state index contributed by atoms with van der Waals surface area (Å²) in [4.78, 5) is 15.9. The highest BCUT2D eigenvalue weighted by atomic mass is 19.4. The van der Waals surface area contributed by atoms with E-state index in [9.17, 15) is 13.2 Å². The highest BCUT2D eigenvalue weighted by Gasteiger charge is 2.45. The average Bonchev–Trinajstić information content (AvgIpc) is 2.97. The van der Waals surface area contributed by atoms with Crippen LogP contribution in [-0.2, 0) is 12.7 Å². The first-order valence-corrected chi connectivity index (χ1v) is 7.71. The maximum Gasteiger partial charge on any atom is 0.433 e. The molecule has 3 fully saturated rings. The summed E-state index contributed by atoms with van der Waals surface area (Å²) < 4.78 is 43.6. The summed E-state index contributed by atoms with van der Waals surface area (Å²) in [6.45, 7) is 3.82. The van der Waals surface area contributed by atoms with E-state index < -0.39 is 11.9 Å². The first-order valence-electron chi connectivity index (χ1n) is 7.71. The number of fused-ring (bicyclic) bond motifs is 2. The van der Waals surface area contributed by atoms with Crippen LogP contribution < -0.4 is 4.90 Å². The van der Waals surface area contributed by atoms with Crippen molar-refractivity contribution in [3.05, 3.63) is 35.9 Å². The van der Waals surface area contributed by atoms with Crippen molar-refractivity contribution < 1.29 is 17.6 Å².